The molecule has 0 N–H and O–H groups in total. The molecular formula is C21H24ClFNO2+. The first kappa shape index (κ1) is 18.7. The van der Waals surface area contributed by atoms with Crippen molar-refractivity contribution in [1.82, 2.24) is 0 Å². The summed E-state index contributed by atoms with van der Waals surface area (Å²) < 4.78 is 27.4. The lowest BCUT2D eigenvalue weighted by Gasteiger charge is -2.21. The molecule has 0 unspecified atom stereocenters. The molecule has 0 saturated heterocycles. The van der Waals surface area contributed by atoms with E-state index in [4.69, 9.17) is 21.1 Å². The van der Waals surface area contributed by atoms with Gasteiger partial charge in [0, 0.05) is 18.4 Å². The summed E-state index contributed by atoms with van der Waals surface area (Å²) in [6.45, 7) is 3.44. The highest BCUT2D eigenvalue weighted by Crippen LogP contribution is 2.33. The summed E-state index contributed by atoms with van der Waals surface area (Å²) in [5, 5.41) is 0.471. The van der Waals surface area contributed by atoms with Crippen molar-refractivity contribution in [2.45, 2.75) is 32.7 Å². The third-order valence-electron chi connectivity index (χ3n) is 4.85. The molecule has 2 aromatic carbocycles. The number of ether oxygens (including phenoxy) is 2. The summed E-state index contributed by atoms with van der Waals surface area (Å²) in [5.41, 5.74) is 4.14. The molecule has 0 saturated carbocycles. The average Bonchev–Trinajstić information content (AvgIpc) is 2.65. The molecule has 0 bridgehead atoms. The fraction of sp³-hybridized carbons (Fsp3) is 0.381. The van der Waals surface area contributed by atoms with E-state index in [0.29, 0.717) is 22.9 Å². The van der Waals surface area contributed by atoms with Gasteiger partial charge in [0.2, 0.25) is 0 Å². The van der Waals surface area contributed by atoms with Gasteiger partial charge in [-0.1, -0.05) is 24.6 Å². The molecule has 5 heteroatoms. The molecule has 0 aromatic heterocycles. The number of hydrogen-bond acceptors (Lipinski definition) is 2. The zero-order valence-corrected chi connectivity index (χ0v) is 16.2. The third kappa shape index (κ3) is 3.56. The van der Waals surface area contributed by atoms with E-state index in [-0.39, 0.29) is 5.82 Å². The van der Waals surface area contributed by atoms with Gasteiger partial charge in [-0.2, -0.15) is 0 Å². The molecule has 0 amide bonds. The first-order valence-electron chi connectivity index (χ1n) is 8.88. The second-order valence-corrected chi connectivity index (χ2v) is 6.84. The van der Waals surface area contributed by atoms with Crippen molar-refractivity contribution in [1.29, 1.82) is 0 Å². The maximum Gasteiger partial charge on any atom is 0.184 e. The summed E-state index contributed by atoms with van der Waals surface area (Å²) in [7, 11) is 3.29. The van der Waals surface area contributed by atoms with Gasteiger partial charge in [0.15, 0.2) is 23.8 Å². The van der Waals surface area contributed by atoms with Crippen LogP contribution in [0.1, 0.15) is 36.5 Å². The molecule has 1 aliphatic rings. The molecule has 0 fully saturated rings. The number of benzene rings is 2. The molecule has 0 radical (unpaired) electrons. The molecular weight excluding hydrogens is 353 g/mol. The van der Waals surface area contributed by atoms with E-state index in [0.717, 1.165) is 37.1 Å². The number of fused-ring (bicyclic) bond motifs is 1. The van der Waals surface area contributed by atoms with Crippen LogP contribution in [0, 0.1) is 5.82 Å². The molecule has 3 rings (SSSR count). The molecule has 1 heterocycles. The normalized spacial score (nSPS) is 13.6. The van der Waals surface area contributed by atoms with Crippen molar-refractivity contribution in [3.8, 4) is 11.5 Å². The van der Waals surface area contributed by atoms with Gasteiger partial charge in [-0.15, -0.1) is 0 Å². The van der Waals surface area contributed by atoms with Crippen molar-refractivity contribution in [3.05, 3.63) is 57.9 Å². The SMILES string of the molecule is CCCC1=[N+](Cc2c(F)cccc2Cl)CCc2cc(OC)c(OC)cc21. The van der Waals surface area contributed by atoms with Crippen LogP contribution >= 0.6 is 11.6 Å². The number of hydrogen-bond donors (Lipinski definition) is 0. The van der Waals surface area contributed by atoms with Gasteiger partial charge >= 0.3 is 0 Å². The highest BCUT2D eigenvalue weighted by Gasteiger charge is 2.28. The van der Waals surface area contributed by atoms with Crippen LogP contribution in [-0.2, 0) is 13.0 Å². The molecule has 2 aromatic rings. The Morgan fingerprint density at radius 1 is 1.15 bits per heavy atom. The number of nitrogens with zero attached hydrogens (tertiary/aromatic N) is 1. The quantitative estimate of drug-likeness (QED) is 0.672. The van der Waals surface area contributed by atoms with Crippen LogP contribution in [0.3, 0.4) is 0 Å². The van der Waals surface area contributed by atoms with E-state index in [1.54, 1.807) is 26.4 Å². The summed E-state index contributed by atoms with van der Waals surface area (Å²) in [6, 6.07) is 8.93. The lowest BCUT2D eigenvalue weighted by molar-refractivity contribution is -0.546. The lowest BCUT2D eigenvalue weighted by atomic mass is 9.93. The largest absolute Gasteiger partial charge is 0.493 e. The molecule has 0 spiro atoms. The third-order valence-corrected chi connectivity index (χ3v) is 5.20. The van der Waals surface area contributed by atoms with Gasteiger partial charge in [0.1, 0.15) is 12.4 Å². The summed E-state index contributed by atoms with van der Waals surface area (Å²) >= 11 is 6.25. The van der Waals surface area contributed by atoms with Crippen LogP contribution in [0.15, 0.2) is 30.3 Å². The Bertz CT molecular complexity index is 828. The maximum absolute atomic E-state index is 14.3. The molecule has 0 aliphatic carbocycles. The standard InChI is InChI=1S/C21H24ClFNO2/c1-4-6-19-15-12-21(26-3)20(25-2)11-14(15)9-10-24(19)13-16-17(22)7-5-8-18(16)23/h5,7-8,11-12H,4,6,9-10,13H2,1-3H3/q+1. The van der Waals surface area contributed by atoms with E-state index in [1.165, 1.54) is 17.3 Å². The van der Waals surface area contributed by atoms with Gasteiger partial charge in [0.25, 0.3) is 0 Å². The maximum atomic E-state index is 14.3. The van der Waals surface area contributed by atoms with Crippen molar-refractivity contribution < 1.29 is 18.4 Å². The second-order valence-electron chi connectivity index (χ2n) is 6.43. The van der Waals surface area contributed by atoms with Crippen molar-refractivity contribution in [2.24, 2.45) is 0 Å². The minimum Gasteiger partial charge on any atom is -0.493 e. The Morgan fingerprint density at radius 2 is 1.88 bits per heavy atom. The fourth-order valence-electron chi connectivity index (χ4n) is 3.54. The molecule has 0 atom stereocenters. The van der Waals surface area contributed by atoms with Gasteiger partial charge in [-0.05, 0) is 36.2 Å². The predicted octanol–water partition coefficient (Wildman–Crippen LogP) is 4.85. The minimum atomic E-state index is -0.258. The van der Waals surface area contributed by atoms with Crippen molar-refractivity contribution in [3.63, 3.8) is 0 Å². The van der Waals surface area contributed by atoms with E-state index in [1.807, 2.05) is 6.07 Å². The van der Waals surface area contributed by atoms with Crippen LogP contribution in [0.2, 0.25) is 5.02 Å². The van der Waals surface area contributed by atoms with Gasteiger partial charge in [0.05, 0.1) is 24.8 Å². The van der Waals surface area contributed by atoms with E-state index >= 15 is 0 Å². The Balaban J connectivity index is 2.09. The molecule has 26 heavy (non-hydrogen) atoms. The van der Waals surface area contributed by atoms with Gasteiger partial charge in [-0.3, -0.25) is 0 Å². The van der Waals surface area contributed by atoms with Crippen molar-refractivity contribution in [2.75, 3.05) is 20.8 Å². The van der Waals surface area contributed by atoms with Crippen LogP contribution in [0.4, 0.5) is 4.39 Å². The van der Waals surface area contributed by atoms with Crippen LogP contribution in [0.25, 0.3) is 0 Å². The molecule has 1 aliphatic heterocycles. The number of methoxy groups -OCH3 is 2. The molecule has 3 nitrogen and oxygen atoms in total. The summed E-state index contributed by atoms with van der Waals surface area (Å²) in [6.07, 6.45) is 2.79. The number of rotatable bonds is 6. The van der Waals surface area contributed by atoms with Gasteiger partial charge in [-0.25, -0.2) is 8.97 Å². The Kier molecular flexibility index (Phi) is 5.82. The lowest BCUT2D eigenvalue weighted by Crippen LogP contribution is -2.30. The van der Waals surface area contributed by atoms with Gasteiger partial charge < -0.3 is 9.47 Å². The Hall–Kier alpha value is -2.07. The second kappa shape index (κ2) is 8.09. The zero-order chi connectivity index (χ0) is 18.7. The molecule has 138 valence electrons. The van der Waals surface area contributed by atoms with E-state index < -0.39 is 0 Å². The first-order chi connectivity index (χ1) is 12.6. The predicted molar refractivity (Wildman–Crippen MR) is 103 cm³/mol. The minimum absolute atomic E-state index is 0.258. The fourth-order valence-corrected chi connectivity index (χ4v) is 3.76. The Morgan fingerprint density at radius 3 is 2.54 bits per heavy atom. The highest BCUT2D eigenvalue weighted by molar-refractivity contribution is 6.31. The highest BCUT2D eigenvalue weighted by atomic mass is 35.5. The topological polar surface area (TPSA) is 21.5 Å². The van der Waals surface area contributed by atoms with Crippen molar-refractivity contribution >= 4 is 17.3 Å². The Labute approximate surface area is 159 Å². The average molecular weight is 377 g/mol. The van der Waals surface area contributed by atoms with Crippen LogP contribution < -0.4 is 9.47 Å². The summed E-state index contributed by atoms with van der Waals surface area (Å²) in [4.78, 5) is 0. The van der Waals surface area contributed by atoms with E-state index in [9.17, 15) is 4.39 Å². The first-order valence-corrected chi connectivity index (χ1v) is 9.25. The number of halogens is 2. The van der Waals surface area contributed by atoms with Crippen LogP contribution in [0.5, 0.6) is 11.5 Å². The zero-order valence-electron chi connectivity index (χ0n) is 15.4. The van der Waals surface area contributed by atoms with E-state index in [2.05, 4.69) is 17.6 Å². The monoisotopic (exact) mass is 376 g/mol. The van der Waals surface area contributed by atoms with Crippen LogP contribution in [-0.4, -0.2) is 31.1 Å². The smallest absolute Gasteiger partial charge is 0.184 e. The summed E-state index contributed by atoms with van der Waals surface area (Å²) in [5.74, 6) is 1.20.